The number of methoxy groups -OCH3 is 1. The van der Waals surface area contributed by atoms with Gasteiger partial charge in [-0.15, -0.1) is 0 Å². The van der Waals surface area contributed by atoms with E-state index in [1.54, 1.807) is 19.4 Å². The third-order valence-corrected chi connectivity index (χ3v) is 6.42. The number of fused-ring (bicyclic) bond motifs is 3. The molecule has 2 bridgehead atoms. The molecule has 0 saturated carbocycles. The van der Waals surface area contributed by atoms with Gasteiger partial charge in [0.1, 0.15) is 29.4 Å². The minimum atomic E-state index is -1.03. The summed E-state index contributed by atoms with van der Waals surface area (Å²) in [6.45, 7) is 2.40. The van der Waals surface area contributed by atoms with Crippen molar-refractivity contribution in [2.24, 2.45) is 4.99 Å². The SMILES string of the molecule is COC1CN2CCN1C1=C2N(c2ccnc(Nc3c(F)cc(F)cc3F)c2)C=C2CC=NC=C21. The summed E-state index contributed by atoms with van der Waals surface area (Å²) in [6, 6.07) is 4.81. The standard InChI is InChI=1S/C24H21F3N6O/c1-34-21-13-31-6-7-32(21)23-17-11-28-4-2-14(17)12-33(24(23)31)16-3-5-29-20(10-16)30-22-18(26)8-15(25)9-19(22)27/h3-5,8-12,21H,2,6-7,13H2,1H3,(H,29,30). The fourth-order valence-electron chi connectivity index (χ4n) is 4.87. The zero-order valence-electron chi connectivity index (χ0n) is 18.3. The molecule has 7 nitrogen and oxygen atoms in total. The number of rotatable bonds is 4. The number of nitrogens with zero attached hydrogens (tertiary/aromatic N) is 5. The Morgan fingerprint density at radius 3 is 2.74 bits per heavy atom. The van der Waals surface area contributed by atoms with Crippen molar-refractivity contribution < 1.29 is 17.9 Å². The monoisotopic (exact) mass is 466 g/mol. The lowest BCUT2D eigenvalue weighted by Crippen LogP contribution is -2.61. The van der Waals surface area contributed by atoms with Crippen molar-refractivity contribution in [1.82, 2.24) is 14.8 Å². The number of ether oxygens (including phenoxy) is 1. The Hall–Kier alpha value is -3.79. The number of hydrogen-bond acceptors (Lipinski definition) is 7. The van der Waals surface area contributed by atoms with E-state index in [0.29, 0.717) is 25.1 Å². The van der Waals surface area contributed by atoms with Crippen molar-refractivity contribution in [1.29, 1.82) is 0 Å². The molecule has 34 heavy (non-hydrogen) atoms. The van der Waals surface area contributed by atoms with E-state index in [9.17, 15) is 13.2 Å². The highest BCUT2D eigenvalue weighted by molar-refractivity contribution is 5.75. The van der Waals surface area contributed by atoms with Gasteiger partial charge in [0.2, 0.25) is 0 Å². The molecular formula is C24H21F3N6O. The zero-order valence-corrected chi connectivity index (χ0v) is 18.3. The van der Waals surface area contributed by atoms with Crippen LogP contribution in [0.4, 0.5) is 30.4 Å². The fraction of sp³-hybridized carbons (Fsp3) is 0.250. The van der Waals surface area contributed by atoms with Gasteiger partial charge in [-0.3, -0.25) is 4.99 Å². The molecule has 1 saturated heterocycles. The van der Waals surface area contributed by atoms with E-state index in [1.807, 2.05) is 18.5 Å². The smallest absolute Gasteiger partial charge is 0.152 e. The predicted octanol–water partition coefficient (Wildman–Crippen LogP) is 4.08. The van der Waals surface area contributed by atoms with E-state index in [0.717, 1.165) is 41.4 Å². The Kier molecular flexibility index (Phi) is 4.84. The van der Waals surface area contributed by atoms with Crippen molar-refractivity contribution in [2.45, 2.75) is 12.6 Å². The van der Waals surface area contributed by atoms with E-state index in [-0.39, 0.29) is 12.0 Å². The minimum absolute atomic E-state index is 0.0559. The first-order chi connectivity index (χ1) is 16.5. The van der Waals surface area contributed by atoms with Gasteiger partial charge in [0.25, 0.3) is 0 Å². The Balaban J connectivity index is 1.42. The van der Waals surface area contributed by atoms with Crippen LogP contribution in [0.3, 0.4) is 0 Å². The summed E-state index contributed by atoms with van der Waals surface area (Å²) >= 11 is 0. The van der Waals surface area contributed by atoms with Crippen molar-refractivity contribution in [3.05, 3.63) is 83.0 Å². The summed E-state index contributed by atoms with van der Waals surface area (Å²) < 4.78 is 47.4. The van der Waals surface area contributed by atoms with Gasteiger partial charge >= 0.3 is 0 Å². The number of aliphatic imine (C=N–C) groups is 1. The topological polar surface area (TPSA) is 56.2 Å². The molecule has 1 aromatic carbocycles. The van der Waals surface area contributed by atoms with Crippen LogP contribution in [0.1, 0.15) is 6.42 Å². The lowest BCUT2D eigenvalue weighted by atomic mass is 9.93. The number of nitrogens with one attached hydrogen (secondary N) is 1. The van der Waals surface area contributed by atoms with Crippen LogP contribution in [-0.4, -0.2) is 54.0 Å². The molecular weight excluding hydrogens is 445 g/mol. The second-order valence-electron chi connectivity index (χ2n) is 8.37. The molecule has 174 valence electrons. The fourth-order valence-corrected chi connectivity index (χ4v) is 4.87. The zero-order chi connectivity index (χ0) is 23.4. The largest absolute Gasteiger partial charge is 0.360 e. The first-order valence-corrected chi connectivity index (χ1v) is 10.9. The van der Waals surface area contributed by atoms with Crippen LogP contribution in [0.2, 0.25) is 0 Å². The van der Waals surface area contributed by atoms with Gasteiger partial charge in [0.15, 0.2) is 11.6 Å². The molecule has 0 radical (unpaired) electrons. The maximum atomic E-state index is 14.2. The van der Waals surface area contributed by atoms with E-state index in [1.165, 1.54) is 0 Å². The predicted molar refractivity (Wildman–Crippen MR) is 122 cm³/mol. The van der Waals surface area contributed by atoms with Gasteiger partial charge in [-0.25, -0.2) is 18.2 Å². The maximum Gasteiger partial charge on any atom is 0.152 e. The average molecular weight is 466 g/mol. The van der Waals surface area contributed by atoms with Crippen molar-refractivity contribution in [2.75, 3.05) is 37.0 Å². The third-order valence-electron chi connectivity index (χ3n) is 6.42. The Morgan fingerprint density at radius 1 is 1.12 bits per heavy atom. The quantitative estimate of drug-likeness (QED) is 0.733. The molecule has 10 heteroatoms. The van der Waals surface area contributed by atoms with Crippen molar-refractivity contribution in [3.8, 4) is 0 Å². The highest BCUT2D eigenvalue weighted by Gasteiger charge is 2.43. The van der Waals surface area contributed by atoms with E-state index in [2.05, 4.69) is 36.2 Å². The second kappa shape index (κ2) is 7.91. The lowest BCUT2D eigenvalue weighted by molar-refractivity contribution is -0.0730. The number of pyridine rings is 1. The molecule has 5 aliphatic rings. The molecule has 1 atom stereocenters. The Morgan fingerprint density at radius 2 is 1.94 bits per heavy atom. The van der Waals surface area contributed by atoms with Crippen molar-refractivity contribution >= 4 is 23.4 Å². The number of hydrogen-bond donors (Lipinski definition) is 1. The first kappa shape index (κ1) is 20.8. The third kappa shape index (κ3) is 3.25. The maximum absolute atomic E-state index is 14.2. The van der Waals surface area contributed by atoms with Gasteiger partial charge < -0.3 is 24.8 Å². The number of piperazine rings is 1. The summed E-state index contributed by atoms with van der Waals surface area (Å²) in [7, 11) is 1.71. The molecule has 1 N–H and O–H groups in total. The van der Waals surface area contributed by atoms with E-state index < -0.39 is 23.1 Å². The number of benzene rings is 1. The summed E-state index contributed by atoms with van der Waals surface area (Å²) in [5, 5.41) is 2.66. The van der Waals surface area contributed by atoms with Gasteiger partial charge in [-0.1, -0.05) is 0 Å². The van der Waals surface area contributed by atoms with Crippen LogP contribution in [-0.2, 0) is 4.74 Å². The first-order valence-electron chi connectivity index (χ1n) is 10.9. The van der Waals surface area contributed by atoms with Crippen LogP contribution in [0.25, 0.3) is 0 Å². The molecule has 0 aliphatic carbocycles. The van der Waals surface area contributed by atoms with Crippen LogP contribution in [0.5, 0.6) is 0 Å². The summed E-state index contributed by atoms with van der Waals surface area (Å²) in [4.78, 5) is 15.2. The Bertz CT molecular complexity index is 1280. The van der Waals surface area contributed by atoms with Gasteiger partial charge in [-0.2, -0.15) is 0 Å². The normalized spacial score (nSPS) is 20.8. The average Bonchev–Trinajstić information content (AvgIpc) is 2.86. The van der Waals surface area contributed by atoms with E-state index in [4.69, 9.17) is 4.74 Å². The molecule has 1 fully saturated rings. The molecule has 1 unspecified atom stereocenters. The van der Waals surface area contributed by atoms with Crippen LogP contribution in [0.15, 0.2) is 70.5 Å². The summed E-state index contributed by atoms with van der Waals surface area (Å²) in [5.41, 5.74) is 3.55. The number of aromatic nitrogens is 1. The highest BCUT2D eigenvalue weighted by Crippen LogP contribution is 2.44. The van der Waals surface area contributed by atoms with E-state index >= 15 is 0 Å². The lowest BCUT2D eigenvalue weighted by Gasteiger charge is -2.54. The molecule has 7 rings (SSSR count). The number of allylic oxidation sites excluding steroid dienone is 1. The molecule has 0 amide bonds. The minimum Gasteiger partial charge on any atom is -0.360 e. The highest BCUT2D eigenvalue weighted by atomic mass is 19.1. The van der Waals surface area contributed by atoms with Gasteiger partial charge in [0.05, 0.1) is 17.9 Å². The second-order valence-corrected chi connectivity index (χ2v) is 8.37. The van der Waals surface area contributed by atoms with Gasteiger partial charge in [-0.05, 0) is 11.6 Å². The number of anilines is 3. The van der Waals surface area contributed by atoms with Crippen LogP contribution < -0.4 is 10.2 Å². The summed E-state index contributed by atoms with van der Waals surface area (Å²) in [6.07, 6.45) is 8.02. The Labute approximate surface area is 194 Å². The number of halogens is 3. The molecule has 0 spiro atoms. The van der Waals surface area contributed by atoms with Crippen LogP contribution >= 0.6 is 0 Å². The van der Waals surface area contributed by atoms with Crippen LogP contribution in [0, 0.1) is 17.5 Å². The van der Waals surface area contributed by atoms with Crippen molar-refractivity contribution in [3.63, 3.8) is 0 Å². The molecule has 2 aromatic rings. The molecule has 1 aromatic heterocycles. The summed E-state index contributed by atoms with van der Waals surface area (Å²) in [5.74, 6) is -1.80. The molecule has 6 heterocycles. The van der Waals surface area contributed by atoms with Gasteiger partial charge in [0, 0.05) is 75.2 Å². The molecule has 5 aliphatic heterocycles.